The van der Waals surface area contributed by atoms with Crippen LogP contribution in [-0.2, 0) is 25.8 Å². The SMILES string of the molecule is CCOc1ccc(NC(=O)CCS(=O)(=O)c2ccc3c(c2)CC(C)N3C(=O)C2CC2)cc1. The van der Waals surface area contributed by atoms with Gasteiger partial charge in [0.25, 0.3) is 0 Å². The Hall–Kier alpha value is -2.87. The van der Waals surface area contributed by atoms with Crippen LogP contribution in [0.1, 0.15) is 38.7 Å². The first kappa shape index (κ1) is 22.3. The molecule has 8 heteroatoms. The van der Waals surface area contributed by atoms with Crippen LogP contribution in [0.25, 0.3) is 0 Å². The molecule has 2 aromatic rings. The second kappa shape index (κ2) is 8.94. The Morgan fingerprint density at radius 2 is 1.84 bits per heavy atom. The van der Waals surface area contributed by atoms with Crippen LogP contribution in [0.2, 0.25) is 0 Å². The van der Waals surface area contributed by atoms with E-state index < -0.39 is 9.84 Å². The van der Waals surface area contributed by atoms with Crippen LogP contribution >= 0.6 is 0 Å². The molecule has 170 valence electrons. The largest absolute Gasteiger partial charge is 0.494 e. The normalized spacial score (nSPS) is 17.7. The zero-order chi connectivity index (χ0) is 22.9. The fourth-order valence-electron chi connectivity index (χ4n) is 4.03. The van der Waals surface area contributed by atoms with Crippen molar-refractivity contribution in [2.75, 3.05) is 22.6 Å². The molecule has 1 fully saturated rings. The molecule has 2 aromatic carbocycles. The average molecular weight is 457 g/mol. The smallest absolute Gasteiger partial charge is 0.230 e. The van der Waals surface area contributed by atoms with Gasteiger partial charge in [0.15, 0.2) is 9.84 Å². The molecule has 1 saturated carbocycles. The summed E-state index contributed by atoms with van der Waals surface area (Å²) < 4.78 is 31.1. The van der Waals surface area contributed by atoms with E-state index in [2.05, 4.69) is 5.32 Å². The lowest BCUT2D eigenvalue weighted by Gasteiger charge is -2.22. The van der Waals surface area contributed by atoms with Crippen molar-refractivity contribution in [3.63, 3.8) is 0 Å². The Morgan fingerprint density at radius 3 is 2.50 bits per heavy atom. The molecule has 1 atom stereocenters. The van der Waals surface area contributed by atoms with E-state index in [1.807, 2.05) is 18.7 Å². The Bertz CT molecular complexity index is 1120. The van der Waals surface area contributed by atoms with Gasteiger partial charge >= 0.3 is 0 Å². The van der Waals surface area contributed by atoms with Gasteiger partial charge in [-0.05, 0) is 81.1 Å². The first-order valence-corrected chi connectivity index (χ1v) is 12.6. The molecule has 1 heterocycles. The summed E-state index contributed by atoms with van der Waals surface area (Å²) in [4.78, 5) is 26.9. The number of anilines is 2. The minimum atomic E-state index is -3.63. The number of amides is 2. The van der Waals surface area contributed by atoms with Gasteiger partial charge in [0.05, 0.1) is 17.3 Å². The van der Waals surface area contributed by atoms with Crippen LogP contribution < -0.4 is 15.0 Å². The summed E-state index contributed by atoms with van der Waals surface area (Å²) in [5.74, 6) is 0.304. The van der Waals surface area contributed by atoms with E-state index in [9.17, 15) is 18.0 Å². The number of nitrogens with one attached hydrogen (secondary N) is 1. The first-order valence-electron chi connectivity index (χ1n) is 11.0. The molecular formula is C24H28N2O5S. The lowest BCUT2D eigenvalue weighted by molar-refractivity contribution is -0.120. The third kappa shape index (κ3) is 4.80. The van der Waals surface area contributed by atoms with Crippen molar-refractivity contribution >= 4 is 33.0 Å². The number of ether oxygens (including phenoxy) is 1. The summed E-state index contributed by atoms with van der Waals surface area (Å²) in [7, 11) is -3.63. The summed E-state index contributed by atoms with van der Waals surface area (Å²) in [5.41, 5.74) is 2.26. The second-order valence-electron chi connectivity index (χ2n) is 8.40. The Morgan fingerprint density at radius 1 is 1.12 bits per heavy atom. The van der Waals surface area contributed by atoms with Gasteiger partial charge in [-0.3, -0.25) is 9.59 Å². The predicted octanol–water partition coefficient (Wildman–Crippen LogP) is 3.58. The van der Waals surface area contributed by atoms with E-state index in [4.69, 9.17) is 4.74 Å². The number of nitrogens with zero attached hydrogens (tertiary/aromatic N) is 1. The molecule has 2 amide bonds. The molecule has 1 aliphatic carbocycles. The zero-order valence-corrected chi connectivity index (χ0v) is 19.2. The third-order valence-electron chi connectivity index (χ3n) is 5.84. The van der Waals surface area contributed by atoms with Crippen molar-refractivity contribution in [2.24, 2.45) is 5.92 Å². The van der Waals surface area contributed by atoms with E-state index in [1.54, 1.807) is 42.5 Å². The molecule has 32 heavy (non-hydrogen) atoms. The number of rotatable bonds is 8. The molecule has 0 spiro atoms. The Balaban J connectivity index is 1.39. The van der Waals surface area contributed by atoms with Crippen LogP contribution in [0.4, 0.5) is 11.4 Å². The van der Waals surface area contributed by atoms with Gasteiger partial charge in [-0.1, -0.05) is 0 Å². The molecule has 0 aromatic heterocycles. The van der Waals surface area contributed by atoms with Crippen LogP contribution in [0.5, 0.6) is 5.75 Å². The van der Waals surface area contributed by atoms with Crippen LogP contribution in [-0.4, -0.2) is 38.6 Å². The Labute approximate surface area is 188 Å². The predicted molar refractivity (Wildman–Crippen MR) is 123 cm³/mol. The highest BCUT2D eigenvalue weighted by Crippen LogP contribution is 2.39. The van der Waals surface area contributed by atoms with E-state index in [1.165, 1.54) is 0 Å². The summed E-state index contributed by atoms with van der Waals surface area (Å²) in [6.45, 7) is 4.43. The maximum atomic E-state index is 12.8. The average Bonchev–Trinajstić information content (AvgIpc) is 3.55. The fourth-order valence-corrected chi connectivity index (χ4v) is 5.32. The van der Waals surface area contributed by atoms with Gasteiger partial charge in [-0.2, -0.15) is 0 Å². The molecule has 2 aliphatic rings. The maximum Gasteiger partial charge on any atom is 0.230 e. The van der Waals surface area contributed by atoms with Crippen molar-refractivity contribution in [1.82, 2.24) is 0 Å². The lowest BCUT2D eigenvalue weighted by Crippen LogP contribution is -2.36. The van der Waals surface area contributed by atoms with Crippen molar-refractivity contribution in [3.8, 4) is 5.75 Å². The number of sulfone groups is 1. The molecule has 0 saturated heterocycles. The molecule has 4 rings (SSSR count). The number of carbonyl (C=O) groups excluding carboxylic acids is 2. The van der Waals surface area contributed by atoms with E-state index in [-0.39, 0.29) is 40.8 Å². The molecule has 0 bridgehead atoms. The van der Waals surface area contributed by atoms with Crippen molar-refractivity contribution < 1.29 is 22.7 Å². The summed E-state index contributed by atoms with van der Waals surface area (Å²) in [5, 5.41) is 2.71. The quantitative estimate of drug-likeness (QED) is 0.656. The van der Waals surface area contributed by atoms with Crippen LogP contribution in [0.3, 0.4) is 0 Å². The minimum Gasteiger partial charge on any atom is -0.494 e. The maximum absolute atomic E-state index is 12.8. The number of fused-ring (bicyclic) bond motifs is 1. The van der Waals surface area contributed by atoms with Crippen LogP contribution in [0, 0.1) is 5.92 Å². The summed E-state index contributed by atoms with van der Waals surface area (Å²) in [6.07, 6.45) is 2.36. The summed E-state index contributed by atoms with van der Waals surface area (Å²) >= 11 is 0. The van der Waals surface area contributed by atoms with Gasteiger partial charge in [-0.15, -0.1) is 0 Å². The van der Waals surface area contributed by atoms with Gasteiger partial charge < -0.3 is 15.0 Å². The monoisotopic (exact) mass is 456 g/mol. The zero-order valence-electron chi connectivity index (χ0n) is 18.3. The third-order valence-corrected chi connectivity index (χ3v) is 7.55. The molecule has 1 unspecified atom stereocenters. The van der Waals surface area contributed by atoms with Gasteiger partial charge in [0, 0.05) is 29.8 Å². The van der Waals surface area contributed by atoms with E-state index >= 15 is 0 Å². The first-order chi connectivity index (χ1) is 15.3. The Kier molecular flexibility index (Phi) is 6.24. The second-order valence-corrected chi connectivity index (χ2v) is 10.5. The summed E-state index contributed by atoms with van der Waals surface area (Å²) in [6, 6.07) is 11.9. The number of hydrogen-bond donors (Lipinski definition) is 1. The van der Waals surface area contributed by atoms with Crippen molar-refractivity contribution in [2.45, 2.75) is 50.5 Å². The highest BCUT2D eigenvalue weighted by molar-refractivity contribution is 7.91. The van der Waals surface area contributed by atoms with Gasteiger partial charge in [0.1, 0.15) is 5.75 Å². The highest BCUT2D eigenvalue weighted by Gasteiger charge is 2.39. The van der Waals surface area contributed by atoms with Crippen molar-refractivity contribution in [3.05, 3.63) is 48.0 Å². The van der Waals surface area contributed by atoms with Crippen molar-refractivity contribution in [1.29, 1.82) is 0 Å². The molecule has 1 aliphatic heterocycles. The number of hydrogen-bond acceptors (Lipinski definition) is 5. The van der Waals surface area contributed by atoms with E-state index in [0.717, 1.165) is 24.1 Å². The lowest BCUT2D eigenvalue weighted by atomic mass is 10.1. The molecule has 1 N–H and O–H groups in total. The molecule has 7 nitrogen and oxygen atoms in total. The topological polar surface area (TPSA) is 92.8 Å². The fraction of sp³-hybridized carbons (Fsp3) is 0.417. The molecule has 0 radical (unpaired) electrons. The standard InChI is InChI=1S/C24H28N2O5S/c1-3-31-20-8-6-19(7-9-20)25-23(27)12-13-32(29,30)21-10-11-22-18(15-21)14-16(2)26(22)24(28)17-4-5-17/h6-11,15-17H,3-5,12-14H2,1-2H3,(H,25,27). The molecular weight excluding hydrogens is 428 g/mol. The highest BCUT2D eigenvalue weighted by atomic mass is 32.2. The van der Waals surface area contributed by atoms with E-state index in [0.29, 0.717) is 24.5 Å². The number of benzene rings is 2. The van der Waals surface area contributed by atoms with Crippen LogP contribution in [0.15, 0.2) is 47.4 Å². The van der Waals surface area contributed by atoms with Gasteiger partial charge in [0.2, 0.25) is 11.8 Å². The number of carbonyl (C=O) groups is 2. The minimum absolute atomic E-state index is 0.0240. The van der Waals surface area contributed by atoms with Gasteiger partial charge in [-0.25, -0.2) is 8.42 Å².